The Balaban J connectivity index is 1.84. The third kappa shape index (κ3) is 5.66. The van der Waals surface area contributed by atoms with Gasteiger partial charge in [0.1, 0.15) is 0 Å². The van der Waals surface area contributed by atoms with Crippen LogP contribution in [0.15, 0.2) is 47.4 Å². The van der Waals surface area contributed by atoms with Crippen LogP contribution < -0.4 is 10.5 Å². The molecule has 0 heterocycles. The minimum absolute atomic E-state index is 0.0196. The summed E-state index contributed by atoms with van der Waals surface area (Å²) in [5.41, 5.74) is 2.63. The van der Waals surface area contributed by atoms with Crippen molar-refractivity contribution in [2.75, 3.05) is 13.2 Å². The fourth-order valence-corrected chi connectivity index (χ4v) is 3.38. The molecule has 0 aliphatic carbocycles. The third-order valence-electron chi connectivity index (χ3n) is 4.05. The molecule has 0 bridgehead atoms. The molecule has 0 fully saturated rings. The summed E-state index contributed by atoms with van der Waals surface area (Å²) in [4.78, 5) is 12.2. The first-order valence-electron chi connectivity index (χ1n) is 8.33. The van der Waals surface area contributed by atoms with Crippen LogP contribution in [0, 0.1) is 13.8 Å². The van der Waals surface area contributed by atoms with Gasteiger partial charge in [0.25, 0.3) is 5.91 Å². The second kappa shape index (κ2) is 8.93. The molecule has 6 nitrogen and oxygen atoms in total. The standard InChI is InChI=1S/C19H24N2O4S/c1-14-11-17(12-18(15(14)2)26(20,23)24)19(22)21-9-6-10-25-13-16-7-4-3-5-8-16/h3-5,7-8,11-12H,6,9-10,13H2,1-2H3,(H,21,22)(H2,20,23,24). The molecule has 0 radical (unpaired) electrons. The Labute approximate surface area is 154 Å². The highest BCUT2D eigenvalue weighted by Crippen LogP contribution is 2.20. The van der Waals surface area contributed by atoms with Gasteiger partial charge in [0.05, 0.1) is 11.5 Å². The van der Waals surface area contributed by atoms with Crippen molar-refractivity contribution < 1.29 is 17.9 Å². The first kappa shape index (κ1) is 20.1. The number of sulfonamides is 1. The summed E-state index contributed by atoms with van der Waals surface area (Å²) in [6, 6.07) is 12.8. The minimum Gasteiger partial charge on any atom is -0.377 e. The highest BCUT2D eigenvalue weighted by atomic mass is 32.2. The molecule has 0 spiro atoms. The van der Waals surface area contributed by atoms with E-state index in [1.165, 1.54) is 6.07 Å². The van der Waals surface area contributed by atoms with E-state index >= 15 is 0 Å². The lowest BCUT2D eigenvalue weighted by Gasteiger charge is -2.11. The monoisotopic (exact) mass is 376 g/mol. The molecule has 0 aliphatic heterocycles. The van der Waals surface area contributed by atoms with Crippen molar-refractivity contribution in [3.8, 4) is 0 Å². The third-order valence-corrected chi connectivity index (χ3v) is 5.09. The number of amides is 1. The van der Waals surface area contributed by atoms with Crippen LogP contribution >= 0.6 is 0 Å². The number of rotatable bonds is 8. The first-order chi connectivity index (χ1) is 12.3. The molecular weight excluding hydrogens is 352 g/mol. The number of primary sulfonamides is 1. The van der Waals surface area contributed by atoms with Gasteiger partial charge in [-0.2, -0.15) is 0 Å². The highest BCUT2D eigenvalue weighted by molar-refractivity contribution is 7.89. The second-order valence-electron chi connectivity index (χ2n) is 6.11. The molecule has 26 heavy (non-hydrogen) atoms. The Bertz CT molecular complexity index is 865. The lowest BCUT2D eigenvalue weighted by Crippen LogP contribution is -2.26. The number of nitrogens with two attached hydrogens (primary N) is 1. The molecule has 0 atom stereocenters. The zero-order chi connectivity index (χ0) is 19.2. The predicted octanol–water partition coefficient (Wildman–Crippen LogP) is 2.29. The molecule has 2 aromatic rings. The Morgan fingerprint density at radius 3 is 2.50 bits per heavy atom. The molecule has 140 valence electrons. The van der Waals surface area contributed by atoms with E-state index in [0.29, 0.717) is 37.3 Å². The van der Waals surface area contributed by atoms with Gasteiger partial charge in [-0.1, -0.05) is 30.3 Å². The number of ether oxygens (including phenoxy) is 1. The number of aryl methyl sites for hydroxylation is 1. The van der Waals surface area contributed by atoms with Crippen LogP contribution in [0.5, 0.6) is 0 Å². The zero-order valence-corrected chi connectivity index (χ0v) is 15.8. The fourth-order valence-electron chi connectivity index (χ4n) is 2.50. The number of carbonyl (C=O) groups is 1. The normalized spacial score (nSPS) is 11.3. The quantitative estimate of drug-likeness (QED) is 0.691. The number of benzene rings is 2. The maximum atomic E-state index is 12.3. The summed E-state index contributed by atoms with van der Waals surface area (Å²) in [5, 5.41) is 7.99. The predicted molar refractivity (Wildman–Crippen MR) is 100 cm³/mol. The van der Waals surface area contributed by atoms with Crippen molar-refractivity contribution in [2.24, 2.45) is 5.14 Å². The fraction of sp³-hybridized carbons (Fsp3) is 0.316. The average molecular weight is 376 g/mol. The van der Waals surface area contributed by atoms with Crippen LogP contribution in [-0.2, 0) is 21.4 Å². The first-order valence-corrected chi connectivity index (χ1v) is 9.87. The van der Waals surface area contributed by atoms with Crippen molar-refractivity contribution in [3.05, 3.63) is 64.7 Å². The average Bonchev–Trinajstić information content (AvgIpc) is 2.59. The van der Waals surface area contributed by atoms with Gasteiger partial charge >= 0.3 is 0 Å². The SMILES string of the molecule is Cc1cc(C(=O)NCCCOCc2ccccc2)cc(S(N)(=O)=O)c1C. The Kier molecular flexibility index (Phi) is 6.90. The molecule has 2 rings (SSSR count). The van der Waals surface area contributed by atoms with Crippen LogP contribution in [0.3, 0.4) is 0 Å². The summed E-state index contributed by atoms with van der Waals surface area (Å²) in [7, 11) is -3.87. The van der Waals surface area contributed by atoms with Crippen molar-refractivity contribution in [1.29, 1.82) is 0 Å². The van der Waals surface area contributed by atoms with Gasteiger partial charge in [0, 0.05) is 18.7 Å². The summed E-state index contributed by atoms with van der Waals surface area (Å²) >= 11 is 0. The lowest BCUT2D eigenvalue weighted by atomic mass is 10.1. The molecular formula is C19H24N2O4S. The topological polar surface area (TPSA) is 98.5 Å². The maximum Gasteiger partial charge on any atom is 0.251 e. The highest BCUT2D eigenvalue weighted by Gasteiger charge is 2.17. The molecule has 7 heteroatoms. The van der Waals surface area contributed by atoms with Gasteiger partial charge in [0.15, 0.2) is 0 Å². The van der Waals surface area contributed by atoms with Gasteiger partial charge in [0.2, 0.25) is 10.0 Å². The molecule has 0 aliphatic rings. The van der Waals surface area contributed by atoms with Crippen molar-refractivity contribution in [3.63, 3.8) is 0 Å². The Hall–Kier alpha value is -2.22. The number of nitrogens with one attached hydrogen (secondary N) is 1. The maximum absolute atomic E-state index is 12.3. The van der Waals surface area contributed by atoms with Crippen LogP contribution in [-0.4, -0.2) is 27.5 Å². The van der Waals surface area contributed by atoms with Gasteiger partial charge in [-0.3, -0.25) is 4.79 Å². The molecule has 3 N–H and O–H groups in total. The van der Waals surface area contributed by atoms with Crippen molar-refractivity contribution in [1.82, 2.24) is 5.32 Å². The Morgan fingerprint density at radius 2 is 1.85 bits per heavy atom. The summed E-state index contributed by atoms with van der Waals surface area (Å²) in [5.74, 6) is -0.332. The largest absolute Gasteiger partial charge is 0.377 e. The number of hydrogen-bond acceptors (Lipinski definition) is 4. The second-order valence-corrected chi connectivity index (χ2v) is 7.64. The van der Waals surface area contributed by atoms with E-state index < -0.39 is 10.0 Å². The van der Waals surface area contributed by atoms with Crippen LogP contribution in [0.4, 0.5) is 0 Å². The van der Waals surface area contributed by atoms with Crippen molar-refractivity contribution in [2.45, 2.75) is 31.8 Å². The van der Waals surface area contributed by atoms with E-state index in [-0.39, 0.29) is 16.4 Å². The summed E-state index contributed by atoms with van der Waals surface area (Å²) < 4.78 is 28.9. The Morgan fingerprint density at radius 1 is 1.15 bits per heavy atom. The van der Waals surface area contributed by atoms with E-state index in [1.54, 1.807) is 19.9 Å². The van der Waals surface area contributed by atoms with Gasteiger partial charge < -0.3 is 10.1 Å². The van der Waals surface area contributed by atoms with Crippen LogP contribution in [0.1, 0.15) is 33.5 Å². The number of carbonyl (C=O) groups excluding carboxylic acids is 1. The van der Waals surface area contributed by atoms with E-state index in [4.69, 9.17) is 9.88 Å². The minimum atomic E-state index is -3.87. The van der Waals surface area contributed by atoms with Crippen LogP contribution in [0.25, 0.3) is 0 Å². The molecule has 0 aromatic heterocycles. The van der Waals surface area contributed by atoms with Crippen LogP contribution in [0.2, 0.25) is 0 Å². The summed E-state index contributed by atoms with van der Waals surface area (Å²) in [6.07, 6.45) is 0.658. The summed E-state index contributed by atoms with van der Waals surface area (Å²) in [6.45, 7) is 4.90. The van der Waals surface area contributed by atoms with Gasteiger partial charge in [-0.05, 0) is 49.1 Å². The smallest absolute Gasteiger partial charge is 0.251 e. The van der Waals surface area contributed by atoms with E-state index in [1.807, 2.05) is 30.3 Å². The van der Waals surface area contributed by atoms with E-state index in [0.717, 1.165) is 5.56 Å². The lowest BCUT2D eigenvalue weighted by molar-refractivity contribution is 0.0934. The van der Waals surface area contributed by atoms with E-state index in [2.05, 4.69) is 5.32 Å². The number of hydrogen-bond donors (Lipinski definition) is 2. The molecule has 0 saturated carbocycles. The molecule has 1 amide bonds. The zero-order valence-electron chi connectivity index (χ0n) is 15.0. The van der Waals surface area contributed by atoms with Gasteiger partial charge in [-0.25, -0.2) is 13.6 Å². The molecule has 0 saturated heterocycles. The van der Waals surface area contributed by atoms with E-state index in [9.17, 15) is 13.2 Å². The molecule has 0 unspecified atom stereocenters. The van der Waals surface area contributed by atoms with Crippen molar-refractivity contribution >= 4 is 15.9 Å². The van der Waals surface area contributed by atoms with Gasteiger partial charge in [-0.15, -0.1) is 0 Å². The molecule has 2 aromatic carbocycles.